The van der Waals surface area contributed by atoms with Crippen LogP contribution in [0.5, 0.6) is 0 Å². The highest BCUT2D eigenvalue weighted by molar-refractivity contribution is 7.89. The van der Waals surface area contributed by atoms with Crippen molar-refractivity contribution in [3.63, 3.8) is 0 Å². The van der Waals surface area contributed by atoms with E-state index in [1.54, 1.807) is 7.05 Å². The minimum atomic E-state index is -3.47. The van der Waals surface area contributed by atoms with E-state index in [1.165, 1.54) is 16.8 Å². The summed E-state index contributed by atoms with van der Waals surface area (Å²) in [6, 6.07) is 0.0149. The number of aromatic nitrogens is 2. The first-order valence-corrected chi connectivity index (χ1v) is 7.57. The number of aromatic amines is 1. The van der Waals surface area contributed by atoms with Crippen LogP contribution in [0.25, 0.3) is 0 Å². The molecule has 2 N–H and O–H groups in total. The van der Waals surface area contributed by atoms with Gasteiger partial charge in [-0.1, -0.05) is 0 Å². The molecule has 18 heavy (non-hydrogen) atoms. The third-order valence-corrected chi connectivity index (χ3v) is 5.55. The first-order valence-electron chi connectivity index (χ1n) is 6.13. The zero-order valence-electron chi connectivity index (χ0n) is 10.4. The van der Waals surface area contributed by atoms with Gasteiger partial charge in [0.15, 0.2) is 5.03 Å². The number of aliphatic hydroxyl groups is 1. The summed E-state index contributed by atoms with van der Waals surface area (Å²) in [6.07, 6.45) is 6.05. The SMILES string of the molecule is CN(C1CCC(CO)CC1)S(=O)(=O)c1cnc[nH]1. The molecule has 2 rings (SSSR count). The Balaban J connectivity index is 2.06. The van der Waals surface area contributed by atoms with Crippen LogP contribution in [0.15, 0.2) is 17.6 Å². The van der Waals surface area contributed by atoms with Crippen LogP contribution in [0, 0.1) is 5.92 Å². The molecular formula is C11H19N3O3S. The largest absolute Gasteiger partial charge is 0.396 e. The Bertz CT molecular complexity index is 464. The fourth-order valence-corrected chi connectivity index (χ4v) is 3.74. The standard InChI is InChI=1S/C11H19N3O3S/c1-14(10-4-2-9(7-15)3-5-10)18(16,17)11-6-12-8-13-11/h6,8-10,15H,2-5,7H2,1H3,(H,12,13). The lowest BCUT2D eigenvalue weighted by Gasteiger charge is -2.33. The lowest BCUT2D eigenvalue weighted by molar-refractivity contribution is 0.159. The average Bonchev–Trinajstić information content (AvgIpc) is 2.92. The maximum atomic E-state index is 12.2. The highest BCUT2D eigenvalue weighted by Crippen LogP contribution is 2.29. The van der Waals surface area contributed by atoms with Crippen molar-refractivity contribution >= 4 is 10.0 Å². The predicted octanol–water partition coefficient (Wildman–Crippen LogP) is 0.581. The van der Waals surface area contributed by atoms with Crippen LogP contribution in [0.3, 0.4) is 0 Å². The van der Waals surface area contributed by atoms with Crippen molar-refractivity contribution in [2.24, 2.45) is 5.92 Å². The first-order chi connectivity index (χ1) is 8.55. The smallest absolute Gasteiger partial charge is 0.260 e. The average molecular weight is 273 g/mol. The van der Waals surface area contributed by atoms with Crippen LogP contribution in [0.4, 0.5) is 0 Å². The van der Waals surface area contributed by atoms with Crippen molar-refractivity contribution in [1.82, 2.24) is 14.3 Å². The van der Waals surface area contributed by atoms with Gasteiger partial charge in [-0.25, -0.2) is 13.4 Å². The molecule has 1 fully saturated rings. The molecule has 1 saturated carbocycles. The Morgan fingerprint density at radius 2 is 2.11 bits per heavy atom. The summed E-state index contributed by atoms with van der Waals surface area (Å²) >= 11 is 0. The van der Waals surface area contributed by atoms with Gasteiger partial charge in [-0.2, -0.15) is 4.31 Å². The normalized spacial score (nSPS) is 25.5. The van der Waals surface area contributed by atoms with Crippen molar-refractivity contribution in [2.75, 3.05) is 13.7 Å². The van der Waals surface area contributed by atoms with Crippen LogP contribution in [-0.2, 0) is 10.0 Å². The van der Waals surface area contributed by atoms with Gasteiger partial charge in [0, 0.05) is 19.7 Å². The highest BCUT2D eigenvalue weighted by atomic mass is 32.2. The third kappa shape index (κ3) is 2.57. The number of H-pyrrole nitrogens is 1. The lowest BCUT2D eigenvalue weighted by Crippen LogP contribution is -2.39. The van der Waals surface area contributed by atoms with E-state index in [-0.39, 0.29) is 17.7 Å². The second-order valence-electron chi connectivity index (χ2n) is 4.79. The van der Waals surface area contributed by atoms with Gasteiger partial charge < -0.3 is 10.1 Å². The van der Waals surface area contributed by atoms with E-state index >= 15 is 0 Å². The second kappa shape index (κ2) is 5.38. The molecule has 1 aliphatic rings. The maximum absolute atomic E-state index is 12.2. The minimum Gasteiger partial charge on any atom is -0.396 e. The Hall–Kier alpha value is -0.920. The number of imidazole rings is 1. The molecule has 0 aromatic carbocycles. The molecule has 1 aromatic heterocycles. The summed E-state index contributed by atoms with van der Waals surface area (Å²) in [5.74, 6) is 0.324. The van der Waals surface area contributed by atoms with E-state index in [2.05, 4.69) is 9.97 Å². The monoisotopic (exact) mass is 273 g/mol. The van der Waals surface area contributed by atoms with Gasteiger partial charge in [0.05, 0.1) is 12.5 Å². The number of nitrogens with one attached hydrogen (secondary N) is 1. The summed E-state index contributed by atoms with van der Waals surface area (Å²) < 4.78 is 25.9. The fraction of sp³-hybridized carbons (Fsp3) is 0.727. The van der Waals surface area contributed by atoms with Crippen molar-refractivity contribution in [1.29, 1.82) is 0 Å². The van der Waals surface area contributed by atoms with E-state index in [1.807, 2.05) is 0 Å². The first kappa shape index (κ1) is 13.5. The zero-order chi connectivity index (χ0) is 13.2. The third-order valence-electron chi connectivity index (χ3n) is 3.72. The molecule has 0 unspecified atom stereocenters. The Labute approximate surface area is 107 Å². The molecule has 1 aliphatic carbocycles. The van der Waals surface area contributed by atoms with Crippen molar-refractivity contribution in [2.45, 2.75) is 36.8 Å². The molecular weight excluding hydrogens is 254 g/mol. The van der Waals surface area contributed by atoms with E-state index in [4.69, 9.17) is 5.11 Å². The van der Waals surface area contributed by atoms with E-state index in [9.17, 15) is 8.42 Å². The molecule has 1 heterocycles. The summed E-state index contributed by atoms with van der Waals surface area (Å²) in [5, 5.41) is 9.21. The van der Waals surface area contributed by atoms with Crippen molar-refractivity contribution < 1.29 is 13.5 Å². The molecule has 6 nitrogen and oxygen atoms in total. The van der Waals surface area contributed by atoms with E-state index < -0.39 is 10.0 Å². The van der Waals surface area contributed by atoms with Gasteiger partial charge in [0.1, 0.15) is 0 Å². The number of nitrogens with zero attached hydrogens (tertiary/aromatic N) is 2. The Kier molecular flexibility index (Phi) is 4.04. The number of hydrogen-bond donors (Lipinski definition) is 2. The summed E-state index contributed by atoms with van der Waals surface area (Å²) in [7, 11) is -1.86. The molecule has 1 aromatic rings. The van der Waals surface area contributed by atoms with Gasteiger partial charge in [0.2, 0.25) is 0 Å². The van der Waals surface area contributed by atoms with Crippen LogP contribution < -0.4 is 0 Å². The van der Waals surface area contributed by atoms with Crippen molar-refractivity contribution in [3.05, 3.63) is 12.5 Å². The molecule has 0 aliphatic heterocycles. The van der Waals surface area contributed by atoms with Crippen molar-refractivity contribution in [3.8, 4) is 0 Å². The molecule has 102 valence electrons. The zero-order valence-corrected chi connectivity index (χ0v) is 11.2. The molecule has 0 bridgehead atoms. The molecule has 0 spiro atoms. The van der Waals surface area contributed by atoms with Crippen LogP contribution >= 0.6 is 0 Å². The minimum absolute atomic E-state index is 0.0149. The second-order valence-corrected chi connectivity index (χ2v) is 6.76. The number of hydrogen-bond acceptors (Lipinski definition) is 4. The maximum Gasteiger partial charge on any atom is 0.260 e. The summed E-state index contributed by atoms with van der Waals surface area (Å²) in [5.41, 5.74) is 0. The highest BCUT2D eigenvalue weighted by Gasteiger charge is 2.31. The van der Waals surface area contributed by atoms with Gasteiger partial charge in [-0.3, -0.25) is 0 Å². The number of aliphatic hydroxyl groups excluding tert-OH is 1. The van der Waals surface area contributed by atoms with Crippen LogP contribution in [0.2, 0.25) is 0 Å². The topological polar surface area (TPSA) is 86.3 Å². The Morgan fingerprint density at radius 1 is 1.44 bits per heavy atom. The number of rotatable bonds is 4. The summed E-state index contributed by atoms with van der Waals surface area (Å²) in [6.45, 7) is 0.198. The Morgan fingerprint density at radius 3 is 2.61 bits per heavy atom. The van der Waals surface area contributed by atoms with E-state index in [0.29, 0.717) is 5.92 Å². The van der Waals surface area contributed by atoms with Gasteiger partial charge in [0.25, 0.3) is 10.0 Å². The van der Waals surface area contributed by atoms with Crippen LogP contribution in [-0.4, -0.2) is 47.5 Å². The molecule has 0 atom stereocenters. The molecule has 0 saturated heterocycles. The summed E-state index contributed by atoms with van der Waals surface area (Å²) in [4.78, 5) is 6.38. The lowest BCUT2D eigenvalue weighted by atomic mass is 9.87. The van der Waals surface area contributed by atoms with Gasteiger partial charge in [-0.15, -0.1) is 0 Å². The number of sulfonamides is 1. The van der Waals surface area contributed by atoms with E-state index in [0.717, 1.165) is 25.7 Å². The molecule has 0 amide bonds. The molecule has 0 radical (unpaired) electrons. The van der Waals surface area contributed by atoms with Gasteiger partial charge >= 0.3 is 0 Å². The van der Waals surface area contributed by atoms with Gasteiger partial charge in [-0.05, 0) is 31.6 Å². The fourth-order valence-electron chi connectivity index (χ4n) is 2.43. The quantitative estimate of drug-likeness (QED) is 0.840. The van der Waals surface area contributed by atoms with Crippen LogP contribution in [0.1, 0.15) is 25.7 Å². The molecule has 7 heteroatoms. The predicted molar refractivity (Wildman–Crippen MR) is 66.4 cm³/mol.